The molecule has 1 saturated heterocycles. The minimum Gasteiger partial charge on any atom is -0.412 e. The number of amides is 2. The molecule has 4 rings (SSSR count). The standard InChI is InChI=1S/C32H38N2O3Si/c1-32(2,3)38(4,5)37-23-26-18-12-13-19-27(26)34-28(21-20-24-14-8-6-9-15-24)30(31(34)36)33-29(35)22-25-16-10-7-11-17-25/h6-21,28,30H,22-23H2,1-5H3,(H,33,35). The lowest BCUT2D eigenvalue weighted by Crippen LogP contribution is -2.70. The van der Waals surface area contributed by atoms with Crippen molar-refractivity contribution in [2.75, 3.05) is 4.90 Å². The first kappa shape index (κ1) is 27.5. The van der Waals surface area contributed by atoms with Crippen molar-refractivity contribution in [1.82, 2.24) is 5.32 Å². The summed E-state index contributed by atoms with van der Waals surface area (Å²) in [6, 6.07) is 26.5. The minimum absolute atomic E-state index is 0.0869. The maximum Gasteiger partial charge on any atom is 0.252 e. The summed E-state index contributed by atoms with van der Waals surface area (Å²) in [4.78, 5) is 28.2. The van der Waals surface area contributed by atoms with Crippen LogP contribution in [0.2, 0.25) is 18.1 Å². The summed E-state index contributed by atoms with van der Waals surface area (Å²) in [5.74, 6) is -0.282. The van der Waals surface area contributed by atoms with Gasteiger partial charge in [0, 0.05) is 11.3 Å². The second-order valence-electron chi connectivity index (χ2n) is 11.4. The molecule has 3 aromatic carbocycles. The highest BCUT2D eigenvalue weighted by Crippen LogP contribution is 2.38. The van der Waals surface area contributed by atoms with E-state index in [0.717, 1.165) is 22.4 Å². The van der Waals surface area contributed by atoms with E-state index in [-0.39, 0.29) is 29.3 Å². The Morgan fingerprint density at radius 1 is 0.947 bits per heavy atom. The number of rotatable bonds is 9. The quantitative estimate of drug-likeness (QED) is 0.261. The molecule has 198 valence electrons. The second-order valence-corrected chi connectivity index (χ2v) is 16.2. The number of para-hydroxylation sites is 1. The SMILES string of the molecule is CC(C)(C)[Si](C)(C)OCc1ccccc1N1C(=O)C(NC(=O)Cc2ccccc2)C1C=Cc1ccccc1. The Labute approximate surface area is 227 Å². The molecular formula is C32H38N2O3Si. The van der Waals surface area contributed by atoms with E-state index in [9.17, 15) is 9.59 Å². The first-order valence-electron chi connectivity index (χ1n) is 13.2. The van der Waals surface area contributed by atoms with Gasteiger partial charge < -0.3 is 14.6 Å². The van der Waals surface area contributed by atoms with E-state index >= 15 is 0 Å². The van der Waals surface area contributed by atoms with E-state index in [1.165, 1.54) is 0 Å². The minimum atomic E-state index is -1.98. The van der Waals surface area contributed by atoms with Crippen LogP contribution in [0.4, 0.5) is 5.69 Å². The zero-order valence-corrected chi connectivity index (χ0v) is 24.0. The zero-order valence-electron chi connectivity index (χ0n) is 23.0. The number of benzene rings is 3. The van der Waals surface area contributed by atoms with Crippen LogP contribution in [0.5, 0.6) is 0 Å². The first-order chi connectivity index (χ1) is 18.1. The van der Waals surface area contributed by atoms with Crippen LogP contribution in [-0.4, -0.2) is 32.2 Å². The summed E-state index contributed by atoms with van der Waals surface area (Å²) >= 11 is 0. The Kier molecular flexibility index (Phi) is 8.34. The fourth-order valence-electron chi connectivity index (χ4n) is 4.26. The number of carbonyl (C=O) groups excluding carboxylic acids is 2. The van der Waals surface area contributed by atoms with Crippen molar-refractivity contribution >= 4 is 31.9 Å². The molecule has 2 amide bonds. The van der Waals surface area contributed by atoms with Crippen LogP contribution in [0.1, 0.15) is 37.5 Å². The second kappa shape index (κ2) is 11.5. The molecule has 6 heteroatoms. The summed E-state index contributed by atoms with van der Waals surface area (Å²) in [7, 11) is -1.98. The molecule has 0 aliphatic carbocycles. The Morgan fingerprint density at radius 2 is 1.55 bits per heavy atom. The molecule has 5 nitrogen and oxygen atoms in total. The number of carbonyl (C=O) groups is 2. The number of anilines is 1. The summed E-state index contributed by atoms with van der Waals surface area (Å²) in [6.07, 6.45) is 4.25. The average Bonchev–Trinajstić information content (AvgIpc) is 2.89. The van der Waals surface area contributed by atoms with Gasteiger partial charge in [-0.25, -0.2) is 0 Å². The van der Waals surface area contributed by atoms with Crippen LogP contribution in [0.15, 0.2) is 91.0 Å². The third kappa shape index (κ3) is 6.32. The van der Waals surface area contributed by atoms with Gasteiger partial charge in [0.1, 0.15) is 6.04 Å². The number of hydrogen-bond donors (Lipinski definition) is 1. The topological polar surface area (TPSA) is 58.6 Å². The number of β-lactam (4-membered cyclic amide) rings is 1. The smallest absolute Gasteiger partial charge is 0.252 e. The van der Waals surface area contributed by atoms with Crippen LogP contribution in [0.3, 0.4) is 0 Å². The number of nitrogens with zero attached hydrogens (tertiary/aromatic N) is 1. The lowest BCUT2D eigenvalue weighted by Gasteiger charge is -2.46. The fourth-order valence-corrected chi connectivity index (χ4v) is 5.20. The van der Waals surface area contributed by atoms with Gasteiger partial charge in [-0.3, -0.25) is 9.59 Å². The van der Waals surface area contributed by atoms with Crippen LogP contribution in [-0.2, 0) is 27.0 Å². The van der Waals surface area contributed by atoms with E-state index in [2.05, 4.69) is 39.2 Å². The van der Waals surface area contributed by atoms with E-state index in [0.29, 0.717) is 6.61 Å². The molecule has 2 atom stereocenters. The third-order valence-corrected chi connectivity index (χ3v) is 12.1. The van der Waals surface area contributed by atoms with E-state index < -0.39 is 14.4 Å². The van der Waals surface area contributed by atoms with Gasteiger partial charge in [0.15, 0.2) is 8.32 Å². The molecule has 0 aromatic heterocycles. The zero-order chi connectivity index (χ0) is 27.3. The molecule has 1 heterocycles. The molecule has 0 spiro atoms. The molecule has 3 aromatic rings. The van der Waals surface area contributed by atoms with Crippen molar-refractivity contribution in [1.29, 1.82) is 0 Å². The molecular weight excluding hydrogens is 488 g/mol. The average molecular weight is 527 g/mol. The van der Waals surface area contributed by atoms with E-state index in [4.69, 9.17) is 4.43 Å². The largest absolute Gasteiger partial charge is 0.412 e. The van der Waals surface area contributed by atoms with Gasteiger partial charge in [-0.1, -0.05) is 112 Å². The van der Waals surface area contributed by atoms with Gasteiger partial charge in [0.25, 0.3) is 5.91 Å². The molecule has 2 unspecified atom stereocenters. The Bertz CT molecular complexity index is 1280. The maximum atomic E-state index is 13.5. The van der Waals surface area contributed by atoms with Gasteiger partial charge >= 0.3 is 0 Å². The first-order valence-corrected chi connectivity index (χ1v) is 16.1. The van der Waals surface area contributed by atoms with Crippen molar-refractivity contribution in [3.63, 3.8) is 0 Å². The lowest BCUT2D eigenvalue weighted by atomic mass is 9.91. The number of hydrogen-bond acceptors (Lipinski definition) is 3. The van der Waals surface area contributed by atoms with Crippen molar-refractivity contribution in [3.8, 4) is 0 Å². The molecule has 1 N–H and O–H groups in total. The Balaban J connectivity index is 1.58. The van der Waals surface area contributed by atoms with Crippen molar-refractivity contribution in [2.45, 2.75) is 64.0 Å². The molecule has 0 radical (unpaired) electrons. The van der Waals surface area contributed by atoms with Gasteiger partial charge in [0.2, 0.25) is 5.91 Å². The van der Waals surface area contributed by atoms with E-state index in [1.807, 2.05) is 97.1 Å². The molecule has 38 heavy (non-hydrogen) atoms. The molecule has 1 fully saturated rings. The Morgan fingerprint density at radius 3 is 2.21 bits per heavy atom. The summed E-state index contributed by atoms with van der Waals surface area (Å²) < 4.78 is 6.51. The maximum absolute atomic E-state index is 13.5. The molecule has 1 aliphatic rings. The van der Waals surface area contributed by atoms with Crippen LogP contribution >= 0.6 is 0 Å². The summed E-state index contributed by atoms with van der Waals surface area (Å²) in [5.41, 5.74) is 3.75. The van der Waals surface area contributed by atoms with Crippen molar-refractivity contribution < 1.29 is 14.0 Å². The lowest BCUT2D eigenvalue weighted by molar-refractivity contribution is -0.131. The predicted octanol–water partition coefficient (Wildman–Crippen LogP) is 6.36. The molecule has 0 bridgehead atoms. The fraction of sp³-hybridized carbons (Fsp3) is 0.312. The molecule has 1 aliphatic heterocycles. The highest BCUT2D eigenvalue weighted by molar-refractivity contribution is 6.74. The van der Waals surface area contributed by atoms with Crippen molar-refractivity contribution in [3.05, 3.63) is 108 Å². The monoisotopic (exact) mass is 526 g/mol. The van der Waals surface area contributed by atoms with Gasteiger partial charge in [0.05, 0.1) is 19.1 Å². The van der Waals surface area contributed by atoms with Gasteiger partial charge in [-0.2, -0.15) is 0 Å². The number of nitrogens with one attached hydrogen (secondary N) is 1. The molecule has 0 saturated carbocycles. The van der Waals surface area contributed by atoms with Crippen LogP contribution < -0.4 is 10.2 Å². The predicted molar refractivity (Wildman–Crippen MR) is 157 cm³/mol. The Hall–Kier alpha value is -3.48. The summed E-state index contributed by atoms with van der Waals surface area (Å²) in [5, 5.41) is 3.08. The van der Waals surface area contributed by atoms with Crippen LogP contribution in [0.25, 0.3) is 6.08 Å². The normalized spacial score (nSPS) is 17.9. The van der Waals surface area contributed by atoms with Crippen molar-refractivity contribution in [2.24, 2.45) is 0 Å². The summed E-state index contributed by atoms with van der Waals surface area (Å²) in [6.45, 7) is 11.6. The van der Waals surface area contributed by atoms with Gasteiger partial charge in [-0.15, -0.1) is 0 Å². The van der Waals surface area contributed by atoms with Crippen LogP contribution in [0, 0.1) is 0 Å². The van der Waals surface area contributed by atoms with E-state index in [1.54, 1.807) is 4.90 Å². The third-order valence-electron chi connectivity index (χ3n) is 7.60. The highest BCUT2D eigenvalue weighted by atomic mass is 28.4. The highest BCUT2D eigenvalue weighted by Gasteiger charge is 2.48. The van der Waals surface area contributed by atoms with Gasteiger partial charge in [-0.05, 0) is 35.3 Å².